The summed E-state index contributed by atoms with van der Waals surface area (Å²) in [5, 5.41) is 5.57. The molecule has 1 unspecified atom stereocenters. The Kier molecular flexibility index (Phi) is 6.32. The molecule has 0 bridgehead atoms. The molecule has 1 N–H and O–H groups in total. The van der Waals surface area contributed by atoms with Crippen LogP contribution in [0, 0.1) is 5.92 Å². The largest absolute Gasteiger partial charge is 0.469 e. The first-order valence-electron chi connectivity index (χ1n) is 8.43. The van der Waals surface area contributed by atoms with Crippen LogP contribution in [0.5, 0.6) is 0 Å². The average molecular weight is 347 g/mol. The van der Waals surface area contributed by atoms with Crippen LogP contribution in [-0.2, 0) is 17.7 Å². The molecular weight excluding hydrogens is 322 g/mol. The molecule has 0 amide bonds. The van der Waals surface area contributed by atoms with Gasteiger partial charge in [-0.15, -0.1) is 11.3 Å². The van der Waals surface area contributed by atoms with Crippen LogP contribution in [0.2, 0.25) is 0 Å². The van der Waals surface area contributed by atoms with Crippen molar-refractivity contribution in [1.82, 2.24) is 10.2 Å². The summed E-state index contributed by atoms with van der Waals surface area (Å²) < 4.78 is 10.9. The standard InChI is InChI=1S/C18H25N3O2S/c1-21(13-15-7-10-22-14-15)18(20-12-17-5-3-11-24-17)19-8-6-16-4-2-9-23-16/h2-5,9,11,15H,6-8,10,12-14H2,1H3,(H,19,20). The number of furan rings is 1. The smallest absolute Gasteiger partial charge is 0.194 e. The summed E-state index contributed by atoms with van der Waals surface area (Å²) in [6, 6.07) is 8.12. The monoisotopic (exact) mass is 347 g/mol. The van der Waals surface area contributed by atoms with E-state index in [1.165, 1.54) is 4.88 Å². The Morgan fingerprint density at radius 2 is 2.38 bits per heavy atom. The quantitative estimate of drug-likeness (QED) is 0.618. The lowest BCUT2D eigenvalue weighted by molar-refractivity contribution is 0.181. The Morgan fingerprint density at radius 1 is 1.42 bits per heavy atom. The molecule has 1 fully saturated rings. The van der Waals surface area contributed by atoms with Gasteiger partial charge in [0.25, 0.3) is 0 Å². The van der Waals surface area contributed by atoms with E-state index in [4.69, 9.17) is 14.1 Å². The van der Waals surface area contributed by atoms with Gasteiger partial charge in [0.05, 0.1) is 19.4 Å². The number of thiophene rings is 1. The fraction of sp³-hybridized carbons (Fsp3) is 0.500. The van der Waals surface area contributed by atoms with Crippen molar-refractivity contribution in [2.75, 3.05) is 33.4 Å². The van der Waals surface area contributed by atoms with Gasteiger partial charge in [-0.05, 0) is 30.0 Å². The molecule has 1 aliphatic heterocycles. The number of guanidine groups is 1. The Hall–Kier alpha value is -1.79. The van der Waals surface area contributed by atoms with Crippen molar-refractivity contribution >= 4 is 17.3 Å². The molecule has 5 nitrogen and oxygen atoms in total. The highest BCUT2D eigenvalue weighted by Crippen LogP contribution is 2.14. The molecule has 0 aromatic carbocycles. The van der Waals surface area contributed by atoms with Gasteiger partial charge >= 0.3 is 0 Å². The number of ether oxygens (including phenoxy) is 1. The third-order valence-corrected chi connectivity index (χ3v) is 4.98. The molecule has 1 aliphatic rings. The highest BCUT2D eigenvalue weighted by molar-refractivity contribution is 7.09. The SMILES string of the molecule is CN(CC1CCOC1)C(=NCc1cccs1)NCCc1ccco1. The van der Waals surface area contributed by atoms with Crippen LogP contribution in [0.15, 0.2) is 45.3 Å². The molecule has 3 rings (SSSR count). The second-order valence-corrected chi connectivity index (χ2v) is 7.12. The van der Waals surface area contributed by atoms with Gasteiger partial charge in [-0.3, -0.25) is 0 Å². The fourth-order valence-electron chi connectivity index (χ4n) is 2.82. The van der Waals surface area contributed by atoms with Crippen molar-refractivity contribution < 1.29 is 9.15 Å². The average Bonchev–Trinajstić information content (AvgIpc) is 3.32. The molecule has 1 saturated heterocycles. The predicted molar refractivity (Wildman–Crippen MR) is 97.4 cm³/mol. The van der Waals surface area contributed by atoms with Crippen LogP contribution in [0.3, 0.4) is 0 Å². The zero-order chi connectivity index (χ0) is 16.6. The number of aliphatic imine (C=N–C) groups is 1. The summed E-state index contributed by atoms with van der Waals surface area (Å²) in [5.74, 6) is 2.53. The third kappa shape index (κ3) is 5.11. The van der Waals surface area contributed by atoms with Crippen LogP contribution >= 0.6 is 11.3 Å². The lowest BCUT2D eigenvalue weighted by Gasteiger charge is -2.24. The Balaban J connectivity index is 1.56. The van der Waals surface area contributed by atoms with E-state index in [1.807, 2.05) is 12.1 Å². The number of nitrogens with one attached hydrogen (secondary N) is 1. The normalized spacial score (nSPS) is 18.0. The van der Waals surface area contributed by atoms with E-state index in [2.05, 4.69) is 34.8 Å². The molecule has 0 saturated carbocycles. The molecule has 2 aromatic heterocycles. The van der Waals surface area contributed by atoms with Crippen molar-refractivity contribution in [2.24, 2.45) is 10.9 Å². The van der Waals surface area contributed by atoms with Gasteiger partial charge in [-0.1, -0.05) is 6.07 Å². The van der Waals surface area contributed by atoms with E-state index in [-0.39, 0.29) is 0 Å². The predicted octanol–water partition coefficient (Wildman–Crippen LogP) is 3.00. The van der Waals surface area contributed by atoms with Gasteiger partial charge in [0.15, 0.2) is 5.96 Å². The van der Waals surface area contributed by atoms with Crippen LogP contribution in [0.25, 0.3) is 0 Å². The Bertz CT molecular complexity index is 604. The Labute approximate surface area is 147 Å². The molecular formula is C18H25N3O2S. The summed E-state index contributed by atoms with van der Waals surface area (Å²) in [6.07, 6.45) is 3.70. The number of hydrogen-bond acceptors (Lipinski definition) is 4. The zero-order valence-corrected chi connectivity index (χ0v) is 14.9. The summed E-state index contributed by atoms with van der Waals surface area (Å²) in [5.41, 5.74) is 0. The Morgan fingerprint density at radius 3 is 3.08 bits per heavy atom. The van der Waals surface area contributed by atoms with Crippen LogP contribution in [0.4, 0.5) is 0 Å². The van der Waals surface area contributed by atoms with Gasteiger partial charge in [0.2, 0.25) is 0 Å². The molecule has 3 heterocycles. The van der Waals surface area contributed by atoms with Crippen molar-refractivity contribution in [1.29, 1.82) is 0 Å². The minimum Gasteiger partial charge on any atom is -0.469 e. The van der Waals surface area contributed by atoms with E-state index in [1.54, 1.807) is 17.6 Å². The zero-order valence-electron chi connectivity index (χ0n) is 14.1. The molecule has 2 aromatic rings. The van der Waals surface area contributed by atoms with E-state index >= 15 is 0 Å². The molecule has 0 aliphatic carbocycles. The van der Waals surface area contributed by atoms with Crippen molar-refractivity contribution in [3.63, 3.8) is 0 Å². The second-order valence-electron chi connectivity index (χ2n) is 6.09. The first-order valence-corrected chi connectivity index (χ1v) is 9.31. The van der Waals surface area contributed by atoms with Crippen molar-refractivity contribution in [3.05, 3.63) is 46.5 Å². The van der Waals surface area contributed by atoms with Gasteiger partial charge < -0.3 is 19.4 Å². The van der Waals surface area contributed by atoms with Gasteiger partial charge in [0, 0.05) is 44.0 Å². The van der Waals surface area contributed by atoms with E-state index in [9.17, 15) is 0 Å². The maximum absolute atomic E-state index is 5.49. The third-order valence-electron chi connectivity index (χ3n) is 4.12. The first-order chi connectivity index (χ1) is 11.8. The minimum absolute atomic E-state index is 0.591. The summed E-state index contributed by atoms with van der Waals surface area (Å²) >= 11 is 1.74. The van der Waals surface area contributed by atoms with Crippen molar-refractivity contribution in [2.45, 2.75) is 19.4 Å². The summed E-state index contributed by atoms with van der Waals surface area (Å²) in [4.78, 5) is 8.29. The highest BCUT2D eigenvalue weighted by Gasteiger charge is 2.19. The van der Waals surface area contributed by atoms with E-state index < -0.39 is 0 Å². The van der Waals surface area contributed by atoms with Crippen LogP contribution in [0.1, 0.15) is 17.1 Å². The number of rotatable bonds is 7. The van der Waals surface area contributed by atoms with Crippen LogP contribution in [-0.4, -0.2) is 44.2 Å². The maximum atomic E-state index is 5.49. The molecule has 24 heavy (non-hydrogen) atoms. The second kappa shape index (κ2) is 8.89. The number of nitrogens with zero attached hydrogens (tertiary/aromatic N) is 2. The molecule has 1 atom stereocenters. The van der Waals surface area contributed by atoms with E-state index in [0.717, 1.165) is 50.9 Å². The lowest BCUT2D eigenvalue weighted by atomic mass is 10.1. The van der Waals surface area contributed by atoms with Gasteiger partial charge in [0.1, 0.15) is 5.76 Å². The van der Waals surface area contributed by atoms with Gasteiger partial charge in [-0.2, -0.15) is 0 Å². The molecule has 130 valence electrons. The van der Waals surface area contributed by atoms with Crippen molar-refractivity contribution in [3.8, 4) is 0 Å². The van der Waals surface area contributed by atoms with Gasteiger partial charge in [-0.25, -0.2) is 4.99 Å². The summed E-state index contributed by atoms with van der Waals surface area (Å²) in [6.45, 7) is 4.23. The summed E-state index contributed by atoms with van der Waals surface area (Å²) in [7, 11) is 2.10. The lowest BCUT2D eigenvalue weighted by Crippen LogP contribution is -2.42. The molecule has 0 spiro atoms. The fourth-order valence-corrected chi connectivity index (χ4v) is 3.45. The first kappa shape index (κ1) is 17.0. The maximum Gasteiger partial charge on any atom is 0.194 e. The minimum atomic E-state index is 0.591. The highest BCUT2D eigenvalue weighted by atomic mass is 32.1. The molecule has 6 heteroatoms. The topological polar surface area (TPSA) is 50.0 Å². The number of hydrogen-bond donors (Lipinski definition) is 1. The molecule has 0 radical (unpaired) electrons. The van der Waals surface area contributed by atoms with E-state index in [0.29, 0.717) is 12.5 Å². The van der Waals surface area contributed by atoms with Crippen LogP contribution < -0.4 is 5.32 Å².